The summed E-state index contributed by atoms with van der Waals surface area (Å²) in [4.78, 5) is 37.9. The molecule has 0 spiro atoms. The van der Waals surface area contributed by atoms with E-state index in [9.17, 15) is 14.4 Å². The maximum Gasteiger partial charge on any atom is 0.262 e. The second kappa shape index (κ2) is 9.85. The number of nitrogens with zero attached hydrogens (tertiary/aromatic N) is 1. The molecule has 6 nitrogen and oxygen atoms in total. The van der Waals surface area contributed by atoms with Gasteiger partial charge < -0.3 is 10.6 Å². The summed E-state index contributed by atoms with van der Waals surface area (Å²) >= 11 is 0. The molecule has 1 aromatic carbocycles. The average Bonchev–Trinajstić information content (AvgIpc) is 2.81. The summed E-state index contributed by atoms with van der Waals surface area (Å²) in [5.41, 5.74) is 1.68. The number of hydrogen-bond acceptors (Lipinski definition) is 4. The number of halogens is 1. The fraction of sp³-hybridized carbons (Fsp3) is 0.550. The van der Waals surface area contributed by atoms with E-state index in [-0.39, 0.29) is 30.8 Å². The van der Waals surface area contributed by atoms with E-state index in [2.05, 4.69) is 10.6 Å². The summed E-state index contributed by atoms with van der Waals surface area (Å²) in [7, 11) is 0. The Hall–Kier alpha value is -1.92. The van der Waals surface area contributed by atoms with Gasteiger partial charge in [0.15, 0.2) is 0 Å². The molecule has 2 N–H and O–H groups in total. The van der Waals surface area contributed by atoms with Gasteiger partial charge in [-0.1, -0.05) is 37.3 Å². The predicted molar refractivity (Wildman–Crippen MR) is 106 cm³/mol. The molecule has 1 aliphatic heterocycles. The van der Waals surface area contributed by atoms with E-state index in [0.717, 1.165) is 10.5 Å². The summed E-state index contributed by atoms with van der Waals surface area (Å²) in [5.74, 6) is -1.09. The number of imide groups is 1. The Kier molecular flexibility index (Phi) is 7.80. The minimum atomic E-state index is -0.392. The van der Waals surface area contributed by atoms with Crippen LogP contribution < -0.4 is 10.6 Å². The van der Waals surface area contributed by atoms with Crippen LogP contribution in [0.5, 0.6) is 0 Å². The quantitative estimate of drug-likeness (QED) is 0.442. The maximum atomic E-state index is 12.4. The van der Waals surface area contributed by atoms with Crippen molar-refractivity contribution in [2.75, 3.05) is 19.6 Å². The number of nitrogens with one attached hydrogen (secondary N) is 2. The van der Waals surface area contributed by atoms with Gasteiger partial charge in [0, 0.05) is 19.1 Å². The van der Waals surface area contributed by atoms with Gasteiger partial charge in [-0.25, -0.2) is 0 Å². The highest BCUT2D eigenvalue weighted by molar-refractivity contribution is 6.22. The lowest BCUT2D eigenvalue weighted by molar-refractivity contribution is -0.121. The number of amides is 3. The van der Waals surface area contributed by atoms with Gasteiger partial charge in [0.1, 0.15) is 6.54 Å². The Balaban J connectivity index is 0.00000261. The fourth-order valence-corrected chi connectivity index (χ4v) is 3.71. The molecule has 2 aliphatic rings. The molecule has 0 unspecified atom stereocenters. The van der Waals surface area contributed by atoms with Crippen molar-refractivity contribution >= 4 is 30.1 Å². The highest BCUT2D eigenvalue weighted by Gasteiger charge is 2.36. The number of carbonyl (C=O) groups excluding carboxylic acids is 3. The van der Waals surface area contributed by atoms with E-state index >= 15 is 0 Å². The van der Waals surface area contributed by atoms with Crippen molar-refractivity contribution in [3.8, 4) is 0 Å². The first-order chi connectivity index (χ1) is 12.6. The molecule has 7 heteroatoms. The van der Waals surface area contributed by atoms with Crippen molar-refractivity contribution in [1.29, 1.82) is 0 Å². The number of hydrogen-bond donors (Lipinski definition) is 2. The van der Waals surface area contributed by atoms with E-state index in [1.54, 1.807) is 18.2 Å². The van der Waals surface area contributed by atoms with E-state index in [0.29, 0.717) is 30.3 Å². The van der Waals surface area contributed by atoms with Crippen LogP contribution in [0.3, 0.4) is 0 Å². The molecular formula is C20H28ClN3O3. The molecule has 148 valence electrons. The van der Waals surface area contributed by atoms with Gasteiger partial charge in [0.25, 0.3) is 11.8 Å². The third-order valence-electron chi connectivity index (χ3n) is 5.16. The zero-order chi connectivity index (χ0) is 18.5. The van der Waals surface area contributed by atoms with Crippen molar-refractivity contribution in [2.45, 2.75) is 51.5 Å². The van der Waals surface area contributed by atoms with Crippen molar-refractivity contribution in [2.24, 2.45) is 0 Å². The average molecular weight is 394 g/mol. The molecule has 0 saturated heterocycles. The zero-order valence-electron chi connectivity index (χ0n) is 15.8. The molecule has 1 saturated carbocycles. The fourth-order valence-electron chi connectivity index (χ4n) is 3.71. The highest BCUT2D eigenvalue weighted by Crippen LogP contribution is 2.23. The Morgan fingerprint density at radius 1 is 1.04 bits per heavy atom. The maximum absolute atomic E-state index is 12.4. The Morgan fingerprint density at radius 3 is 2.41 bits per heavy atom. The van der Waals surface area contributed by atoms with Crippen LogP contribution in [0.25, 0.3) is 0 Å². The molecule has 0 radical (unpaired) electrons. The lowest BCUT2D eigenvalue weighted by Gasteiger charge is -2.17. The lowest BCUT2D eigenvalue weighted by atomic mass is 10.1. The van der Waals surface area contributed by atoms with Crippen LogP contribution in [-0.2, 0) is 4.79 Å². The van der Waals surface area contributed by atoms with E-state index in [4.69, 9.17) is 0 Å². The van der Waals surface area contributed by atoms with Gasteiger partial charge in [-0.15, -0.1) is 12.4 Å². The molecule has 1 fully saturated rings. The first kappa shape index (κ1) is 21.4. The second-order valence-electron chi connectivity index (χ2n) is 7.24. The first-order valence-corrected chi connectivity index (χ1v) is 9.53. The standard InChI is InChI=1S/C20H27N3O3.ClH/c1-14-8-9-16-17(12-14)20(26)23(19(16)25)13-18(24)22-11-10-21-15-6-4-2-3-5-7-15;/h8-9,12,15,21H,2-7,10-11,13H2,1H3,(H,22,24);1H. The predicted octanol–water partition coefficient (Wildman–Crippen LogP) is 2.44. The van der Waals surface area contributed by atoms with Gasteiger partial charge in [-0.2, -0.15) is 0 Å². The summed E-state index contributed by atoms with van der Waals surface area (Å²) in [5, 5.41) is 6.28. The molecular weight excluding hydrogens is 366 g/mol. The molecule has 3 rings (SSSR count). The third-order valence-corrected chi connectivity index (χ3v) is 5.16. The van der Waals surface area contributed by atoms with E-state index in [1.165, 1.54) is 38.5 Å². The summed E-state index contributed by atoms with van der Waals surface area (Å²) < 4.78 is 0. The molecule has 3 amide bonds. The van der Waals surface area contributed by atoms with Gasteiger partial charge in [-0.05, 0) is 31.9 Å². The SMILES string of the molecule is Cc1ccc2c(c1)C(=O)N(CC(=O)NCCNC1CCCCCC1)C2=O.Cl. The molecule has 0 atom stereocenters. The highest BCUT2D eigenvalue weighted by atomic mass is 35.5. The minimum absolute atomic E-state index is 0. The van der Waals surface area contributed by atoms with Gasteiger partial charge in [-0.3, -0.25) is 19.3 Å². The van der Waals surface area contributed by atoms with Crippen molar-refractivity contribution in [1.82, 2.24) is 15.5 Å². The summed E-state index contributed by atoms with van der Waals surface area (Å²) in [6, 6.07) is 5.69. The number of fused-ring (bicyclic) bond motifs is 1. The van der Waals surface area contributed by atoms with Crippen LogP contribution in [0.2, 0.25) is 0 Å². The smallest absolute Gasteiger partial charge is 0.262 e. The Labute approximate surface area is 166 Å². The summed E-state index contributed by atoms with van der Waals surface area (Å²) in [6.07, 6.45) is 7.56. The zero-order valence-corrected chi connectivity index (χ0v) is 16.6. The number of rotatable bonds is 6. The number of aryl methyl sites for hydroxylation is 1. The normalized spacial score (nSPS) is 17.3. The van der Waals surface area contributed by atoms with Gasteiger partial charge in [0.05, 0.1) is 11.1 Å². The second-order valence-corrected chi connectivity index (χ2v) is 7.24. The van der Waals surface area contributed by atoms with Crippen molar-refractivity contribution < 1.29 is 14.4 Å². The van der Waals surface area contributed by atoms with Crippen LogP contribution in [0.15, 0.2) is 18.2 Å². The molecule has 27 heavy (non-hydrogen) atoms. The lowest BCUT2D eigenvalue weighted by Crippen LogP contribution is -2.43. The van der Waals surface area contributed by atoms with E-state index in [1.807, 2.05) is 6.92 Å². The van der Waals surface area contributed by atoms with Crippen LogP contribution in [-0.4, -0.2) is 48.3 Å². The van der Waals surface area contributed by atoms with Gasteiger partial charge in [0.2, 0.25) is 5.91 Å². The topological polar surface area (TPSA) is 78.5 Å². The third kappa shape index (κ3) is 5.30. The van der Waals surface area contributed by atoms with E-state index < -0.39 is 5.91 Å². The molecule has 0 bridgehead atoms. The van der Waals surface area contributed by atoms with Crippen LogP contribution >= 0.6 is 12.4 Å². The Bertz CT molecular complexity index is 700. The van der Waals surface area contributed by atoms with Crippen LogP contribution in [0.1, 0.15) is 64.8 Å². The van der Waals surface area contributed by atoms with Crippen molar-refractivity contribution in [3.05, 3.63) is 34.9 Å². The van der Waals surface area contributed by atoms with Crippen LogP contribution in [0.4, 0.5) is 0 Å². The first-order valence-electron chi connectivity index (χ1n) is 9.53. The Morgan fingerprint density at radius 2 is 1.70 bits per heavy atom. The van der Waals surface area contributed by atoms with Crippen molar-refractivity contribution in [3.63, 3.8) is 0 Å². The monoisotopic (exact) mass is 393 g/mol. The molecule has 0 aromatic heterocycles. The largest absolute Gasteiger partial charge is 0.353 e. The number of benzene rings is 1. The molecule has 1 aromatic rings. The molecule has 1 heterocycles. The number of carbonyl (C=O) groups is 3. The minimum Gasteiger partial charge on any atom is -0.353 e. The molecule has 1 aliphatic carbocycles. The van der Waals surface area contributed by atoms with Gasteiger partial charge >= 0.3 is 0 Å². The summed E-state index contributed by atoms with van der Waals surface area (Å²) in [6.45, 7) is 2.85. The van der Waals surface area contributed by atoms with Crippen LogP contribution in [0, 0.1) is 6.92 Å².